The molecule has 0 radical (unpaired) electrons. The van der Waals surface area contributed by atoms with Crippen LogP contribution in [0.1, 0.15) is 11.3 Å². The zero-order valence-corrected chi connectivity index (χ0v) is 7.85. The van der Waals surface area contributed by atoms with E-state index in [-0.39, 0.29) is 16.9 Å². The molecule has 0 saturated carbocycles. The first-order chi connectivity index (χ1) is 5.65. The second kappa shape index (κ2) is 3.83. The van der Waals surface area contributed by atoms with E-state index in [1.54, 1.807) is 6.92 Å². The molecule has 0 aliphatic rings. The molecular weight excluding hydrogens is 199 g/mol. The average Bonchev–Trinajstić information content (AvgIpc) is 1.96. The number of carbonyl (C=O) groups excluding carboxylic acids is 1. The van der Waals surface area contributed by atoms with Gasteiger partial charge in [-0.2, -0.15) is 0 Å². The maximum atomic E-state index is 10.2. The first-order valence-corrected chi connectivity index (χ1v) is 4.03. The number of aldehydes is 1. The third-order valence-corrected chi connectivity index (χ3v) is 1.91. The molecule has 0 atom stereocenters. The Hall–Kier alpha value is -0.670. The summed E-state index contributed by atoms with van der Waals surface area (Å²) in [6, 6.07) is 0. The summed E-state index contributed by atoms with van der Waals surface area (Å²) in [5.74, 6) is 0. The molecule has 1 rings (SSSR count). The van der Waals surface area contributed by atoms with Gasteiger partial charge in [0.15, 0.2) is 0 Å². The SMILES string of the molecule is Cc1nc(Cl)nc(Cl)c1CC=O. The lowest BCUT2D eigenvalue weighted by Crippen LogP contribution is -1.98. The maximum absolute atomic E-state index is 10.2. The van der Waals surface area contributed by atoms with Crippen molar-refractivity contribution in [2.75, 3.05) is 0 Å². The highest BCUT2D eigenvalue weighted by molar-refractivity contribution is 6.32. The van der Waals surface area contributed by atoms with Gasteiger partial charge in [-0.05, 0) is 18.5 Å². The first-order valence-electron chi connectivity index (χ1n) is 3.27. The fourth-order valence-electron chi connectivity index (χ4n) is 0.844. The van der Waals surface area contributed by atoms with Crippen LogP contribution >= 0.6 is 23.2 Å². The summed E-state index contributed by atoms with van der Waals surface area (Å²) in [7, 11) is 0. The van der Waals surface area contributed by atoms with Crippen molar-refractivity contribution in [2.24, 2.45) is 0 Å². The summed E-state index contributed by atoms with van der Waals surface area (Å²) >= 11 is 11.2. The summed E-state index contributed by atoms with van der Waals surface area (Å²) in [6.07, 6.45) is 0.979. The van der Waals surface area contributed by atoms with Crippen LogP contribution in [0.15, 0.2) is 0 Å². The van der Waals surface area contributed by atoms with Gasteiger partial charge in [0.2, 0.25) is 5.28 Å². The number of carbonyl (C=O) groups is 1. The smallest absolute Gasteiger partial charge is 0.224 e. The molecule has 3 nitrogen and oxygen atoms in total. The molecule has 64 valence electrons. The summed E-state index contributed by atoms with van der Waals surface area (Å²) in [5.41, 5.74) is 1.28. The molecule has 0 saturated heterocycles. The van der Waals surface area contributed by atoms with Gasteiger partial charge in [0.05, 0.1) is 0 Å². The molecule has 0 amide bonds. The Morgan fingerprint density at radius 3 is 2.58 bits per heavy atom. The zero-order chi connectivity index (χ0) is 9.14. The van der Waals surface area contributed by atoms with Gasteiger partial charge >= 0.3 is 0 Å². The summed E-state index contributed by atoms with van der Waals surface area (Å²) < 4.78 is 0. The highest BCUT2D eigenvalue weighted by atomic mass is 35.5. The molecule has 1 aromatic heterocycles. The summed E-state index contributed by atoms with van der Waals surface area (Å²) in [6.45, 7) is 1.73. The van der Waals surface area contributed by atoms with Crippen molar-refractivity contribution in [2.45, 2.75) is 13.3 Å². The van der Waals surface area contributed by atoms with Gasteiger partial charge in [-0.25, -0.2) is 9.97 Å². The number of rotatable bonds is 2. The van der Waals surface area contributed by atoms with Crippen molar-refractivity contribution >= 4 is 29.5 Å². The highest BCUT2D eigenvalue weighted by Crippen LogP contribution is 2.17. The molecule has 0 aliphatic heterocycles. The van der Waals surface area contributed by atoms with Gasteiger partial charge < -0.3 is 4.79 Å². The van der Waals surface area contributed by atoms with Gasteiger partial charge in [-0.1, -0.05) is 11.6 Å². The molecule has 0 unspecified atom stereocenters. The van der Waals surface area contributed by atoms with Gasteiger partial charge in [0.25, 0.3) is 0 Å². The lowest BCUT2D eigenvalue weighted by Gasteiger charge is -2.02. The van der Waals surface area contributed by atoms with E-state index < -0.39 is 0 Å². The number of hydrogen-bond acceptors (Lipinski definition) is 3. The van der Waals surface area contributed by atoms with Crippen LogP contribution < -0.4 is 0 Å². The van der Waals surface area contributed by atoms with Crippen molar-refractivity contribution in [1.29, 1.82) is 0 Å². The van der Waals surface area contributed by atoms with Crippen LogP contribution in [0.2, 0.25) is 10.4 Å². The number of aromatic nitrogens is 2. The van der Waals surface area contributed by atoms with Crippen LogP contribution in [0.3, 0.4) is 0 Å². The normalized spacial score (nSPS) is 9.92. The molecule has 0 aromatic carbocycles. The summed E-state index contributed by atoms with van der Waals surface area (Å²) in [5, 5.41) is 0.353. The standard InChI is InChI=1S/C7H6Cl2N2O/c1-4-5(2-3-12)6(8)11-7(9)10-4/h3H,2H2,1H3. The van der Waals surface area contributed by atoms with E-state index in [2.05, 4.69) is 9.97 Å². The van der Waals surface area contributed by atoms with Crippen molar-refractivity contribution in [3.05, 3.63) is 21.7 Å². The Bertz CT molecular complexity index is 291. The Kier molecular flexibility index (Phi) is 3.00. The summed E-state index contributed by atoms with van der Waals surface area (Å²) in [4.78, 5) is 17.8. The molecule has 12 heavy (non-hydrogen) atoms. The highest BCUT2D eigenvalue weighted by Gasteiger charge is 2.07. The van der Waals surface area contributed by atoms with Crippen molar-refractivity contribution < 1.29 is 4.79 Å². The first kappa shape index (κ1) is 9.42. The van der Waals surface area contributed by atoms with E-state index in [9.17, 15) is 4.79 Å². The van der Waals surface area contributed by atoms with Gasteiger partial charge in [0, 0.05) is 17.7 Å². The molecular formula is C7H6Cl2N2O. The molecule has 0 N–H and O–H groups in total. The maximum Gasteiger partial charge on any atom is 0.224 e. The molecule has 0 spiro atoms. The van der Waals surface area contributed by atoms with Gasteiger partial charge in [-0.15, -0.1) is 0 Å². The van der Waals surface area contributed by atoms with E-state index >= 15 is 0 Å². The molecule has 0 aliphatic carbocycles. The quantitative estimate of drug-likeness (QED) is 0.420. The number of hydrogen-bond donors (Lipinski definition) is 0. The number of nitrogens with zero attached hydrogens (tertiary/aromatic N) is 2. The Labute approximate surface area is 79.7 Å². The monoisotopic (exact) mass is 204 g/mol. The lowest BCUT2D eigenvalue weighted by molar-refractivity contribution is -0.107. The minimum absolute atomic E-state index is 0.104. The fraction of sp³-hybridized carbons (Fsp3) is 0.286. The van der Waals surface area contributed by atoms with Gasteiger partial charge in [-0.3, -0.25) is 0 Å². The molecule has 1 heterocycles. The second-order valence-electron chi connectivity index (χ2n) is 2.22. The van der Waals surface area contributed by atoms with Gasteiger partial charge in [0.1, 0.15) is 11.4 Å². The minimum Gasteiger partial charge on any atom is -0.303 e. The van der Waals surface area contributed by atoms with E-state index in [0.29, 0.717) is 11.3 Å². The lowest BCUT2D eigenvalue weighted by atomic mass is 10.2. The van der Waals surface area contributed by atoms with E-state index in [4.69, 9.17) is 23.2 Å². The second-order valence-corrected chi connectivity index (χ2v) is 2.91. The van der Waals surface area contributed by atoms with Crippen molar-refractivity contribution in [3.8, 4) is 0 Å². The molecule has 5 heteroatoms. The predicted molar refractivity (Wildman–Crippen MR) is 46.6 cm³/mol. The van der Waals surface area contributed by atoms with Crippen LogP contribution in [0.5, 0.6) is 0 Å². The third kappa shape index (κ3) is 1.93. The van der Waals surface area contributed by atoms with Crippen LogP contribution in [0.25, 0.3) is 0 Å². The Morgan fingerprint density at radius 2 is 2.08 bits per heavy atom. The van der Waals surface area contributed by atoms with E-state index in [1.165, 1.54) is 0 Å². The van der Waals surface area contributed by atoms with E-state index in [1.807, 2.05) is 0 Å². The number of aryl methyl sites for hydroxylation is 1. The Balaban J connectivity index is 3.18. The molecule has 0 fully saturated rings. The predicted octanol–water partition coefficient (Wildman–Crippen LogP) is 1.83. The van der Waals surface area contributed by atoms with Crippen LogP contribution in [-0.4, -0.2) is 16.3 Å². The van der Waals surface area contributed by atoms with E-state index in [0.717, 1.165) is 6.29 Å². The fourth-order valence-corrected chi connectivity index (χ4v) is 1.39. The van der Waals surface area contributed by atoms with Crippen LogP contribution in [0, 0.1) is 6.92 Å². The zero-order valence-electron chi connectivity index (χ0n) is 6.34. The molecule has 0 bridgehead atoms. The molecule has 1 aromatic rings. The average molecular weight is 205 g/mol. The van der Waals surface area contributed by atoms with Crippen molar-refractivity contribution in [1.82, 2.24) is 9.97 Å². The number of halogens is 2. The third-order valence-electron chi connectivity index (χ3n) is 1.42. The Morgan fingerprint density at radius 1 is 1.42 bits per heavy atom. The van der Waals surface area contributed by atoms with Crippen molar-refractivity contribution in [3.63, 3.8) is 0 Å². The largest absolute Gasteiger partial charge is 0.303 e. The minimum atomic E-state index is 0.104. The topological polar surface area (TPSA) is 42.9 Å². The van der Waals surface area contributed by atoms with Crippen LogP contribution in [-0.2, 0) is 11.2 Å². The van der Waals surface area contributed by atoms with Crippen LogP contribution in [0.4, 0.5) is 0 Å².